The maximum Gasteiger partial charge on any atom is 0.505 e. The average Bonchev–Trinajstić information content (AvgIpc) is 2.69. The van der Waals surface area contributed by atoms with Crippen molar-refractivity contribution in [3.05, 3.63) is 17.0 Å². The van der Waals surface area contributed by atoms with Crippen molar-refractivity contribution in [3.63, 3.8) is 0 Å². The maximum absolute atomic E-state index is 6.06. The molecule has 4 heteroatoms. The SMILES string of the molecule is CC(C)(C)c1csc(B2OC(C)(C)C(C)(C)O2)c1. The van der Waals surface area contributed by atoms with Gasteiger partial charge in [-0.25, -0.2) is 0 Å². The summed E-state index contributed by atoms with van der Waals surface area (Å²) < 4.78 is 13.3. The molecule has 1 aliphatic heterocycles. The standard InChI is InChI=1S/C14H23BO2S/c1-12(2,3)10-8-11(18-9-10)15-16-13(4,5)14(6,7)17-15/h8-9H,1-7H3. The molecule has 2 nitrogen and oxygen atoms in total. The highest BCUT2D eigenvalue weighted by Crippen LogP contribution is 2.37. The van der Waals surface area contributed by atoms with Gasteiger partial charge in [0, 0.05) is 4.78 Å². The van der Waals surface area contributed by atoms with Crippen LogP contribution in [0.15, 0.2) is 11.4 Å². The van der Waals surface area contributed by atoms with E-state index in [9.17, 15) is 0 Å². The molecule has 0 atom stereocenters. The minimum atomic E-state index is -0.260. The van der Waals surface area contributed by atoms with Crippen LogP contribution >= 0.6 is 11.3 Å². The average molecular weight is 266 g/mol. The lowest BCUT2D eigenvalue weighted by Crippen LogP contribution is -2.41. The highest BCUT2D eigenvalue weighted by Gasteiger charge is 2.52. The van der Waals surface area contributed by atoms with Gasteiger partial charge in [-0.3, -0.25) is 0 Å². The number of hydrogen-bond donors (Lipinski definition) is 0. The second-order valence-electron chi connectivity index (χ2n) is 7.08. The van der Waals surface area contributed by atoms with Gasteiger partial charge in [0.15, 0.2) is 0 Å². The lowest BCUT2D eigenvalue weighted by molar-refractivity contribution is 0.00578. The molecule has 0 spiro atoms. The fraction of sp³-hybridized carbons (Fsp3) is 0.714. The van der Waals surface area contributed by atoms with Gasteiger partial charge in [-0.15, -0.1) is 0 Å². The van der Waals surface area contributed by atoms with Crippen LogP contribution < -0.4 is 4.78 Å². The Morgan fingerprint density at radius 1 is 1.06 bits per heavy atom. The third-order valence-corrected chi connectivity index (χ3v) is 4.93. The molecule has 0 radical (unpaired) electrons. The van der Waals surface area contributed by atoms with Crippen LogP contribution in [0, 0.1) is 0 Å². The van der Waals surface area contributed by atoms with Gasteiger partial charge in [-0.2, -0.15) is 11.3 Å². The van der Waals surface area contributed by atoms with Gasteiger partial charge in [-0.05, 0) is 50.1 Å². The quantitative estimate of drug-likeness (QED) is 0.726. The van der Waals surface area contributed by atoms with E-state index in [4.69, 9.17) is 9.31 Å². The Morgan fingerprint density at radius 2 is 1.56 bits per heavy atom. The van der Waals surface area contributed by atoms with Gasteiger partial charge in [-0.1, -0.05) is 20.8 Å². The van der Waals surface area contributed by atoms with Crippen molar-refractivity contribution in [2.75, 3.05) is 0 Å². The zero-order valence-electron chi connectivity index (χ0n) is 12.5. The zero-order chi connectivity index (χ0) is 13.8. The van der Waals surface area contributed by atoms with Crippen LogP contribution in [0.4, 0.5) is 0 Å². The summed E-state index contributed by atoms with van der Waals surface area (Å²) in [5.41, 5.74) is 1.00. The van der Waals surface area contributed by atoms with Gasteiger partial charge in [0.05, 0.1) is 11.2 Å². The topological polar surface area (TPSA) is 18.5 Å². The normalized spacial score (nSPS) is 22.5. The molecule has 0 unspecified atom stereocenters. The Hall–Kier alpha value is -0.315. The van der Waals surface area contributed by atoms with E-state index in [1.54, 1.807) is 11.3 Å². The Morgan fingerprint density at radius 3 is 1.94 bits per heavy atom. The van der Waals surface area contributed by atoms with Crippen molar-refractivity contribution in [2.24, 2.45) is 0 Å². The first-order valence-corrected chi connectivity index (χ1v) is 7.35. The molecule has 0 saturated carbocycles. The second kappa shape index (κ2) is 4.09. The monoisotopic (exact) mass is 266 g/mol. The highest BCUT2D eigenvalue weighted by molar-refractivity contribution is 7.20. The minimum Gasteiger partial charge on any atom is -0.399 e. The van der Waals surface area contributed by atoms with Crippen molar-refractivity contribution in [3.8, 4) is 0 Å². The van der Waals surface area contributed by atoms with Gasteiger partial charge in [0.25, 0.3) is 0 Å². The summed E-state index contributed by atoms with van der Waals surface area (Å²) in [7, 11) is -0.226. The third kappa shape index (κ3) is 2.38. The van der Waals surface area contributed by atoms with Crippen LogP contribution in [-0.4, -0.2) is 18.3 Å². The minimum absolute atomic E-state index is 0.179. The predicted octanol–water partition coefficient (Wildman–Crippen LogP) is 3.34. The first kappa shape index (κ1) is 14.1. The summed E-state index contributed by atoms with van der Waals surface area (Å²) in [5, 5.41) is 2.21. The van der Waals surface area contributed by atoms with Crippen molar-refractivity contribution in [1.29, 1.82) is 0 Å². The summed E-state index contributed by atoms with van der Waals surface area (Å²) in [6.45, 7) is 15.0. The van der Waals surface area contributed by atoms with Crippen molar-refractivity contribution in [2.45, 2.75) is 65.1 Å². The molecule has 0 N–H and O–H groups in total. The fourth-order valence-electron chi connectivity index (χ4n) is 1.83. The molecule has 1 aromatic rings. The molecule has 1 aliphatic rings. The first-order chi connectivity index (χ1) is 8.03. The molecule has 2 heterocycles. The highest BCUT2D eigenvalue weighted by atomic mass is 32.1. The molecule has 1 saturated heterocycles. The van der Waals surface area contributed by atoms with Crippen LogP contribution in [0.5, 0.6) is 0 Å². The molecule has 18 heavy (non-hydrogen) atoms. The molecule has 0 aromatic carbocycles. The van der Waals surface area contributed by atoms with Crippen LogP contribution in [-0.2, 0) is 14.7 Å². The van der Waals surface area contributed by atoms with Gasteiger partial charge < -0.3 is 9.31 Å². The Bertz CT molecular complexity index is 427. The Kier molecular flexibility index (Phi) is 3.20. The van der Waals surface area contributed by atoms with E-state index in [1.807, 2.05) is 0 Å². The van der Waals surface area contributed by atoms with Gasteiger partial charge in [0.1, 0.15) is 0 Å². The molecule has 100 valence electrons. The molecule has 1 fully saturated rings. The van der Waals surface area contributed by atoms with E-state index in [1.165, 1.54) is 10.3 Å². The predicted molar refractivity (Wildman–Crippen MR) is 78.7 cm³/mol. The molecular weight excluding hydrogens is 243 g/mol. The van der Waals surface area contributed by atoms with Crippen LogP contribution in [0.1, 0.15) is 54.0 Å². The summed E-state index contributed by atoms with van der Waals surface area (Å²) >= 11 is 1.73. The zero-order valence-corrected chi connectivity index (χ0v) is 13.3. The van der Waals surface area contributed by atoms with Crippen molar-refractivity contribution in [1.82, 2.24) is 0 Å². The van der Waals surface area contributed by atoms with E-state index in [2.05, 4.69) is 59.9 Å². The summed E-state index contributed by atoms with van der Waals surface area (Å²) in [6.07, 6.45) is 0. The molecule has 0 bridgehead atoms. The van der Waals surface area contributed by atoms with Crippen LogP contribution in [0.3, 0.4) is 0 Å². The molecule has 2 rings (SSSR count). The first-order valence-electron chi connectivity index (χ1n) is 6.47. The van der Waals surface area contributed by atoms with Gasteiger partial charge in [0.2, 0.25) is 0 Å². The lowest BCUT2D eigenvalue weighted by atomic mass is 9.83. The summed E-state index contributed by atoms with van der Waals surface area (Å²) in [4.78, 5) is 0. The van der Waals surface area contributed by atoms with E-state index in [0.29, 0.717) is 0 Å². The Labute approximate surface area is 115 Å². The Balaban J connectivity index is 2.23. The van der Waals surface area contributed by atoms with Crippen LogP contribution in [0.25, 0.3) is 0 Å². The molecule has 0 amide bonds. The van der Waals surface area contributed by atoms with Crippen LogP contribution in [0.2, 0.25) is 0 Å². The number of hydrogen-bond acceptors (Lipinski definition) is 3. The molecule has 0 aliphatic carbocycles. The van der Waals surface area contributed by atoms with E-state index in [0.717, 1.165) is 0 Å². The smallest absolute Gasteiger partial charge is 0.399 e. The maximum atomic E-state index is 6.06. The fourth-order valence-corrected chi connectivity index (χ4v) is 2.92. The van der Waals surface area contributed by atoms with Gasteiger partial charge >= 0.3 is 7.12 Å². The second-order valence-corrected chi connectivity index (χ2v) is 8.02. The lowest BCUT2D eigenvalue weighted by Gasteiger charge is -2.32. The summed E-state index contributed by atoms with van der Waals surface area (Å²) in [5.74, 6) is 0. The van der Waals surface area contributed by atoms with Crippen molar-refractivity contribution < 1.29 is 9.31 Å². The molecular formula is C14H23BO2S. The number of thiophene rings is 1. The van der Waals surface area contributed by atoms with E-state index >= 15 is 0 Å². The van der Waals surface area contributed by atoms with Crippen molar-refractivity contribution >= 4 is 23.2 Å². The molecule has 1 aromatic heterocycles. The van der Waals surface area contributed by atoms with E-state index in [-0.39, 0.29) is 23.7 Å². The summed E-state index contributed by atoms with van der Waals surface area (Å²) in [6, 6.07) is 2.22. The number of rotatable bonds is 1. The van der Waals surface area contributed by atoms with E-state index < -0.39 is 0 Å². The third-order valence-electron chi connectivity index (χ3n) is 3.97. The largest absolute Gasteiger partial charge is 0.505 e.